The molecule has 0 N–H and O–H groups in total. The molecule has 1 amide bonds. The van der Waals surface area contributed by atoms with Gasteiger partial charge in [0.1, 0.15) is 11.5 Å². The van der Waals surface area contributed by atoms with Gasteiger partial charge in [0, 0.05) is 19.2 Å². The van der Waals surface area contributed by atoms with Crippen LogP contribution in [-0.4, -0.2) is 31.6 Å². The minimum absolute atomic E-state index is 0.0208. The summed E-state index contributed by atoms with van der Waals surface area (Å²) in [5.41, 5.74) is 1.71. The third-order valence-electron chi connectivity index (χ3n) is 3.37. The lowest BCUT2D eigenvalue weighted by Crippen LogP contribution is -2.31. The zero-order chi connectivity index (χ0) is 15.9. The SMILES string of the molecule is CCCN(Cc1ccsc1)C(=O)c1ccc(OC)cc1OC. The molecule has 5 heteroatoms. The topological polar surface area (TPSA) is 38.8 Å². The molecule has 0 aliphatic heterocycles. The fourth-order valence-corrected chi connectivity index (χ4v) is 2.93. The van der Waals surface area contributed by atoms with Gasteiger partial charge in [0.15, 0.2) is 0 Å². The average Bonchev–Trinajstić information content (AvgIpc) is 3.06. The van der Waals surface area contributed by atoms with E-state index in [1.165, 1.54) is 0 Å². The van der Waals surface area contributed by atoms with Gasteiger partial charge < -0.3 is 14.4 Å². The van der Waals surface area contributed by atoms with Crippen molar-refractivity contribution in [2.45, 2.75) is 19.9 Å². The van der Waals surface area contributed by atoms with Gasteiger partial charge in [-0.25, -0.2) is 0 Å². The molecular weight excluding hydrogens is 298 g/mol. The standard InChI is InChI=1S/C17H21NO3S/c1-4-8-18(11-13-7-9-22-12-13)17(19)15-6-5-14(20-2)10-16(15)21-3/h5-7,9-10,12H,4,8,11H2,1-3H3. The summed E-state index contributed by atoms with van der Waals surface area (Å²) in [7, 11) is 3.16. The Balaban J connectivity index is 2.26. The van der Waals surface area contributed by atoms with Crippen LogP contribution in [0.25, 0.3) is 0 Å². The third kappa shape index (κ3) is 3.80. The first-order valence-electron chi connectivity index (χ1n) is 7.22. The maximum Gasteiger partial charge on any atom is 0.257 e. The quantitative estimate of drug-likeness (QED) is 0.779. The molecule has 0 unspecified atom stereocenters. The van der Waals surface area contributed by atoms with Crippen LogP contribution in [0.1, 0.15) is 29.3 Å². The van der Waals surface area contributed by atoms with Crippen LogP contribution in [-0.2, 0) is 6.54 Å². The summed E-state index contributed by atoms with van der Waals surface area (Å²) in [6.07, 6.45) is 0.911. The molecule has 0 aliphatic carbocycles. The van der Waals surface area contributed by atoms with Gasteiger partial charge in [0.25, 0.3) is 5.91 Å². The lowest BCUT2D eigenvalue weighted by molar-refractivity contribution is 0.0740. The Morgan fingerprint density at radius 3 is 2.64 bits per heavy atom. The van der Waals surface area contributed by atoms with Crippen LogP contribution in [0.4, 0.5) is 0 Å². The van der Waals surface area contributed by atoms with E-state index in [2.05, 4.69) is 12.3 Å². The highest BCUT2D eigenvalue weighted by Gasteiger charge is 2.20. The van der Waals surface area contributed by atoms with E-state index in [4.69, 9.17) is 9.47 Å². The molecule has 2 rings (SSSR count). The first-order valence-corrected chi connectivity index (χ1v) is 8.16. The van der Waals surface area contributed by atoms with Crippen molar-refractivity contribution in [1.82, 2.24) is 4.90 Å². The van der Waals surface area contributed by atoms with E-state index in [9.17, 15) is 4.79 Å². The number of ether oxygens (including phenoxy) is 2. The third-order valence-corrected chi connectivity index (χ3v) is 4.11. The minimum atomic E-state index is -0.0208. The van der Waals surface area contributed by atoms with Gasteiger partial charge in [0.2, 0.25) is 0 Å². The highest BCUT2D eigenvalue weighted by Crippen LogP contribution is 2.26. The predicted molar refractivity (Wildman–Crippen MR) is 88.9 cm³/mol. The van der Waals surface area contributed by atoms with E-state index in [1.54, 1.807) is 43.8 Å². The normalized spacial score (nSPS) is 10.3. The molecule has 0 radical (unpaired) electrons. The van der Waals surface area contributed by atoms with E-state index in [0.717, 1.165) is 12.0 Å². The van der Waals surface area contributed by atoms with E-state index in [1.807, 2.05) is 16.3 Å². The van der Waals surface area contributed by atoms with Crippen LogP contribution in [0.2, 0.25) is 0 Å². The number of benzene rings is 1. The molecule has 22 heavy (non-hydrogen) atoms. The second kappa shape index (κ2) is 7.84. The number of amides is 1. The molecule has 0 saturated heterocycles. The first kappa shape index (κ1) is 16.4. The second-order valence-electron chi connectivity index (χ2n) is 4.92. The molecule has 0 saturated carbocycles. The fraction of sp³-hybridized carbons (Fsp3) is 0.353. The number of hydrogen-bond acceptors (Lipinski definition) is 4. The van der Waals surface area contributed by atoms with Crippen molar-refractivity contribution in [3.05, 3.63) is 46.2 Å². The van der Waals surface area contributed by atoms with E-state index in [-0.39, 0.29) is 5.91 Å². The Hall–Kier alpha value is -2.01. The molecular formula is C17H21NO3S. The van der Waals surface area contributed by atoms with Crippen molar-refractivity contribution in [1.29, 1.82) is 0 Å². The molecule has 4 nitrogen and oxygen atoms in total. The minimum Gasteiger partial charge on any atom is -0.497 e. The molecule has 0 bridgehead atoms. The number of carbonyl (C=O) groups excluding carboxylic acids is 1. The van der Waals surface area contributed by atoms with Crippen LogP contribution >= 0.6 is 11.3 Å². The molecule has 1 aromatic carbocycles. The predicted octanol–water partition coefficient (Wildman–Crippen LogP) is 3.82. The average molecular weight is 319 g/mol. The summed E-state index contributed by atoms with van der Waals surface area (Å²) < 4.78 is 10.5. The lowest BCUT2D eigenvalue weighted by Gasteiger charge is -2.23. The smallest absolute Gasteiger partial charge is 0.257 e. The monoisotopic (exact) mass is 319 g/mol. The molecule has 2 aromatic rings. The number of hydrogen-bond donors (Lipinski definition) is 0. The van der Waals surface area contributed by atoms with Gasteiger partial charge in [-0.15, -0.1) is 0 Å². The Labute approximate surface area is 135 Å². The van der Waals surface area contributed by atoms with Crippen LogP contribution in [0.15, 0.2) is 35.0 Å². The highest BCUT2D eigenvalue weighted by atomic mass is 32.1. The van der Waals surface area contributed by atoms with Crippen LogP contribution in [0.5, 0.6) is 11.5 Å². The maximum absolute atomic E-state index is 12.8. The number of methoxy groups -OCH3 is 2. The van der Waals surface area contributed by atoms with Crippen LogP contribution in [0.3, 0.4) is 0 Å². The molecule has 0 atom stereocenters. The molecule has 1 heterocycles. The summed E-state index contributed by atoms with van der Waals surface area (Å²) in [5, 5.41) is 4.10. The molecule has 118 valence electrons. The van der Waals surface area contributed by atoms with Gasteiger partial charge in [-0.3, -0.25) is 4.79 Å². The Kier molecular flexibility index (Phi) is 5.83. The van der Waals surface area contributed by atoms with Crippen molar-refractivity contribution in [2.24, 2.45) is 0 Å². The van der Waals surface area contributed by atoms with Crippen molar-refractivity contribution >= 4 is 17.2 Å². The first-order chi connectivity index (χ1) is 10.7. The summed E-state index contributed by atoms with van der Waals surface area (Å²) in [4.78, 5) is 14.7. The van der Waals surface area contributed by atoms with Crippen molar-refractivity contribution in [2.75, 3.05) is 20.8 Å². The molecule has 0 fully saturated rings. The Morgan fingerprint density at radius 2 is 2.05 bits per heavy atom. The number of carbonyl (C=O) groups is 1. The van der Waals surface area contributed by atoms with Crippen LogP contribution < -0.4 is 9.47 Å². The highest BCUT2D eigenvalue weighted by molar-refractivity contribution is 7.07. The van der Waals surface area contributed by atoms with Crippen molar-refractivity contribution < 1.29 is 14.3 Å². The zero-order valence-corrected chi connectivity index (χ0v) is 14.0. The van der Waals surface area contributed by atoms with Crippen molar-refractivity contribution in [3.8, 4) is 11.5 Å². The van der Waals surface area contributed by atoms with Gasteiger partial charge >= 0.3 is 0 Å². The summed E-state index contributed by atoms with van der Waals surface area (Å²) in [5.74, 6) is 1.19. The van der Waals surface area contributed by atoms with Crippen LogP contribution in [0, 0.1) is 0 Å². The zero-order valence-electron chi connectivity index (χ0n) is 13.2. The van der Waals surface area contributed by atoms with Crippen molar-refractivity contribution in [3.63, 3.8) is 0 Å². The number of rotatable bonds is 7. The summed E-state index contributed by atoms with van der Waals surface area (Å²) in [6, 6.07) is 7.33. The van der Waals surface area contributed by atoms with E-state index < -0.39 is 0 Å². The Morgan fingerprint density at radius 1 is 1.23 bits per heavy atom. The van der Waals surface area contributed by atoms with Gasteiger partial charge in [-0.2, -0.15) is 11.3 Å². The summed E-state index contributed by atoms with van der Waals surface area (Å²) in [6.45, 7) is 3.40. The number of nitrogens with zero attached hydrogens (tertiary/aromatic N) is 1. The lowest BCUT2D eigenvalue weighted by atomic mass is 10.1. The number of thiophene rings is 1. The maximum atomic E-state index is 12.8. The fourth-order valence-electron chi connectivity index (χ4n) is 2.27. The van der Waals surface area contributed by atoms with E-state index in [0.29, 0.717) is 30.2 Å². The van der Waals surface area contributed by atoms with Gasteiger partial charge in [-0.1, -0.05) is 6.92 Å². The summed E-state index contributed by atoms with van der Waals surface area (Å²) >= 11 is 1.64. The van der Waals surface area contributed by atoms with Gasteiger partial charge in [-0.05, 0) is 40.9 Å². The largest absolute Gasteiger partial charge is 0.497 e. The van der Waals surface area contributed by atoms with E-state index >= 15 is 0 Å². The molecule has 0 aliphatic rings. The molecule has 1 aromatic heterocycles. The molecule has 0 spiro atoms. The second-order valence-corrected chi connectivity index (χ2v) is 5.70. The Bertz CT molecular complexity index is 610. The van der Waals surface area contributed by atoms with Gasteiger partial charge in [0.05, 0.1) is 19.8 Å².